The quantitative estimate of drug-likeness (QED) is 0.729. The van der Waals surface area contributed by atoms with Crippen LogP contribution in [0.2, 0.25) is 0 Å². The van der Waals surface area contributed by atoms with Crippen molar-refractivity contribution in [3.63, 3.8) is 0 Å². The molecule has 21 heavy (non-hydrogen) atoms. The van der Waals surface area contributed by atoms with E-state index in [4.69, 9.17) is 9.47 Å². The third-order valence-electron chi connectivity index (χ3n) is 4.00. The fourth-order valence-electron chi connectivity index (χ4n) is 2.60. The molecule has 1 amide bonds. The molecule has 1 aliphatic carbocycles. The maximum atomic E-state index is 12.5. The summed E-state index contributed by atoms with van der Waals surface area (Å²) in [6, 6.07) is 8.07. The van der Waals surface area contributed by atoms with E-state index >= 15 is 0 Å². The Balaban J connectivity index is 1.85. The van der Waals surface area contributed by atoms with Crippen molar-refractivity contribution < 1.29 is 14.3 Å². The summed E-state index contributed by atoms with van der Waals surface area (Å²) in [6.07, 6.45) is 2.95. The summed E-state index contributed by atoms with van der Waals surface area (Å²) in [5, 5.41) is 3.00. The molecule has 5 heteroatoms. The molecule has 4 nitrogen and oxygen atoms in total. The highest BCUT2D eigenvalue weighted by molar-refractivity contribution is 9.10. The number of benzene rings is 1. The minimum absolute atomic E-state index is 0.117. The van der Waals surface area contributed by atoms with Gasteiger partial charge in [0.05, 0.1) is 25.2 Å². The monoisotopic (exact) mass is 355 g/mol. The molecular formula is C16H22BrNO3. The number of hydrogen-bond donors (Lipinski definition) is 1. The highest BCUT2D eigenvalue weighted by atomic mass is 79.9. The van der Waals surface area contributed by atoms with Gasteiger partial charge >= 0.3 is 0 Å². The third-order valence-corrected chi connectivity index (χ3v) is 4.53. The van der Waals surface area contributed by atoms with Crippen molar-refractivity contribution >= 4 is 21.8 Å². The summed E-state index contributed by atoms with van der Waals surface area (Å²) in [5.74, 6) is 0.117. The predicted octanol–water partition coefficient (Wildman–Crippen LogP) is 2.65. The van der Waals surface area contributed by atoms with E-state index in [1.807, 2.05) is 24.3 Å². The molecule has 0 saturated heterocycles. The second-order valence-corrected chi connectivity index (χ2v) is 6.22. The van der Waals surface area contributed by atoms with Crippen molar-refractivity contribution in [2.45, 2.75) is 24.7 Å². The molecule has 0 atom stereocenters. The topological polar surface area (TPSA) is 47.6 Å². The van der Waals surface area contributed by atoms with Crippen LogP contribution in [0.5, 0.6) is 0 Å². The molecule has 2 rings (SSSR count). The minimum atomic E-state index is -0.340. The van der Waals surface area contributed by atoms with Crippen molar-refractivity contribution in [2.24, 2.45) is 0 Å². The molecule has 1 aromatic carbocycles. The standard InChI is InChI=1S/C16H22BrNO3/c1-20-11-12-21-10-9-18-15(19)16(7-2-8-16)13-3-5-14(17)6-4-13/h3-6H,2,7-12H2,1H3,(H,18,19). The summed E-state index contributed by atoms with van der Waals surface area (Å²) in [5.41, 5.74) is 0.766. The number of hydrogen-bond acceptors (Lipinski definition) is 3. The number of carbonyl (C=O) groups is 1. The Labute approximate surface area is 134 Å². The number of methoxy groups -OCH3 is 1. The zero-order valence-electron chi connectivity index (χ0n) is 12.4. The van der Waals surface area contributed by atoms with Crippen LogP contribution in [-0.2, 0) is 19.7 Å². The van der Waals surface area contributed by atoms with E-state index in [0.717, 1.165) is 29.3 Å². The minimum Gasteiger partial charge on any atom is -0.382 e. The van der Waals surface area contributed by atoms with E-state index in [9.17, 15) is 4.79 Å². The lowest BCUT2D eigenvalue weighted by Gasteiger charge is -2.40. The van der Waals surface area contributed by atoms with Crippen LogP contribution in [0.25, 0.3) is 0 Å². The molecule has 1 fully saturated rings. The van der Waals surface area contributed by atoms with Crippen LogP contribution < -0.4 is 5.32 Å². The van der Waals surface area contributed by atoms with Gasteiger partial charge in [0.1, 0.15) is 0 Å². The number of halogens is 1. The van der Waals surface area contributed by atoms with Gasteiger partial charge in [-0.25, -0.2) is 0 Å². The Hall–Kier alpha value is -0.910. The average molecular weight is 356 g/mol. The summed E-state index contributed by atoms with van der Waals surface area (Å²) >= 11 is 3.43. The molecule has 0 bridgehead atoms. The van der Waals surface area contributed by atoms with Gasteiger partial charge < -0.3 is 14.8 Å². The van der Waals surface area contributed by atoms with Crippen molar-refractivity contribution in [1.82, 2.24) is 5.32 Å². The normalized spacial score (nSPS) is 16.3. The highest BCUT2D eigenvalue weighted by Gasteiger charge is 2.45. The van der Waals surface area contributed by atoms with Gasteiger partial charge in [0.25, 0.3) is 0 Å². The van der Waals surface area contributed by atoms with Crippen LogP contribution in [0.4, 0.5) is 0 Å². The molecule has 0 radical (unpaired) electrons. The van der Waals surface area contributed by atoms with E-state index in [1.165, 1.54) is 0 Å². The Morgan fingerprint density at radius 2 is 1.95 bits per heavy atom. The fraction of sp³-hybridized carbons (Fsp3) is 0.562. The van der Waals surface area contributed by atoms with Gasteiger partial charge in [-0.3, -0.25) is 4.79 Å². The maximum Gasteiger partial charge on any atom is 0.230 e. The molecule has 0 spiro atoms. The van der Waals surface area contributed by atoms with Crippen molar-refractivity contribution in [2.75, 3.05) is 33.5 Å². The number of ether oxygens (including phenoxy) is 2. The van der Waals surface area contributed by atoms with E-state index in [1.54, 1.807) is 7.11 Å². The van der Waals surface area contributed by atoms with Gasteiger partial charge in [0.15, 0.2) is 0 Å². The van der Waals surface area contributed by atoms with Crippen LogP contribution in [0.15, 0.2) is 28.7 Å². The van der Waals surface area contributed by atoms with Gasteiger partial charge in [0.2, 0.25) is 5.91 Å². The lowest BCUT2D eigenvalue weighted by atomic mass is 9.64. The number of amides is 1. The fourth-order valence-corrected chi connectivity index (χ4v) is 2.86. The molecule has 1 aliphatic rings. The predicted molar refractivity (Wildman–Crippen MR) is 85.4 cm³/mol. The van der Waals surface area contributed by atoms with Crippen LogP contribution in [0, 0.1) is 0 Å². The first-order valence-electron chi connectivity index (χ1n) is 7.30. The van der Waals surface area contributed by atoms with Gasteiger partial charge in [-0.15, -0.1) is 0 Å². The molecule has 1 saturated carbocycles. The lowest BCUT2D eigenvalue weighted by Crippen LogP contribution is -2.49. The zero-order valence-corrected chi connectivity index (χ0v) is 13.9. The van der Waals surface area contributed by atoms with Crippen LogP contribution in [0.1, 0.15) is 24.8 Å². The molecule has 116 valence electrons. The SMILES string of the molecule is COCCOCCNC(=O)C1(c2ccc(Br)cc2)CCC1. The van der Waals surface area contributed by atoms with E-state index in [0.29, 0.717) is 26.4 Å². The molecular weight excluding hydrogens is 334 g/mol. The first-order valence-corrected chi connectivity index (χ1v) is 8.09. The van der Waals surface area contributed by atoms with Crippen LogP contribution in [-0.4, -0.2) is 39.4 Å². The largest absolute Gasteiger partial charge is 0.382 e. The van der Waals surface area contributed by atoms with E-state index in [2.05, 4.69) is 21.2 Å². The molecule has 1 N–H and O–H groups in total. The first kappa shape index (κ1) is 16.5. The van der Waals surface area contributed by atoms with E-state index < -0.39 is 0 Å². The van der Waals surface area contributed by atoms with Crippen molar-refractivity contribution in [3.05, 3.63) is 34.3 Å². The molecule has 0 unspecified atom stereocenters. The molecule has 1 aromatic rings. The summed E-state index contributed by atoms with van der Waals surface area (Å²) in [6.45, 7) is 2.20. The molecule has 0 aromatic heterocycles. The van der Waals surface area contributed by atoms with Crippen molar-refractivity contribution in [3.8, 4) is 0 Å². The third kappa shape index (κ3) is 4.05. The average Bonchev–Trinajstić information content (AvgIpc) is 2.43. The van der Waals surface area contributed by atoms with Crippen molar-refractivity contribution in [1.29, 1.82) is 0 Å². The zero-order chi connectivity index (χ0) is 15.1. The smallest absolute Gasteiger partial charge is 0.230 e. The summed E-state index contributed by atoms with van der Waals surface area (Å²) in [7, 11) is 1.64. The second kappa shape index (κ2) is 7.92. The van der Waals surface area contributed by atoms with Crippen LogP contribution >= 0.6 is 15.9 Å². The van der Waals surface area contributed by atoms with Gasteiger partial charge in [-0.1, -0.05) is 34.5 Å². The number of nitrogens with one attached hydrogen (secondary N) is 1. The number of carbonyl (C=O) groups excluding carboxylic acids is 1. The second-order valence-electron chi connectivity index (χ2n) is 5.30. The Kier molecular flexibility index (Phi) is 6.21. The summed E-state index contributed by atoms with van der Waals surface area (Å²) < 4.78 is 11.3. The molecule has 0 aliphatic heterocycles. The summed E-state index contributed by atoms with van der Waals surface area (Å²) in [4.78, 5) is 12.5. The number of rotatable bonds is 8. The van der Waals surface area contributed by atoms with Gasteiger partial charge in [0, 0.05) is 18.1 Å². The van der Waals surface area contributed by atoms with Crippen LogP contribution in [0.3, 0.4) is 0 Å². The Morgan fingerprint density at radius 3 is 2.52 bits per heavy atom. The maximum absolute atomic E-state index is 12.5. The Morgan fingerprint density at radius 1 is 1.24 bits per heavy atom. The first-order chi connectivity index (χ1) is 10.2. The lowest BCUT2D eigenvalue weighted by molar-refractivity contribution is -0.130. The van der Waals surface area contributed by atoms with Gasteiger partial charge in [-0.05, 0) is 30.5 Å². The van der Waals surface area contributed by atoms with Gasteiger partial charge in [-0.2, -0.15) is 0 Å². The molecule has 0 heterocycles. The highest BCUT2D eigenvalue weighted by Crippen LogP contribution is 2.44. The Bertz CT molecular complexity index is 457. The van der Waals surface area contributed by atoms with E-state index in [-0.39, 0.29) is 11.3 Å².